The van der Waals surface area contributed by atoms with Crippen LogP contribution in [0.15, 0.2) is 78.9 Å². The molecule has 0 aliphatic carbocycles. The SMILES string of the molecule is CCCN(Cc1c(OC)cccc1OCc1ccccc1)C(=O)c1cc2ccccc2n1N. The maximum Gasteiger partial charge on any atom is 0.272 e. The molecule has 4 aromatic rings. The summed E-state index contributed by atoms with van der Waals surface area (Å²) >= 11 is 0. The highest BCUT2D eigenvalue weighted by Gasteiger charge is 2.23. The highest BCUT2D eigenvalue weighted by Crippen LogP contribution is 2.31. The van der Waals surface area contributed by atoms with Crippen molar-refractivity contribution in [1.82, 2.24) is 9.58 Å². The Labute approximate surface area is 194 Å². The summed E-state index contributed by atoms with van der Waals surface area (Å²) in [6.07, 6.45) is 0.811. The van der Waals surface area contributed by atoms with Crippen LogP contribution in [0.1, 0.15) is 35.0 Å². The largest absolute Gasteiger partial charge is 0.496 e. The lowest BCUT2D eigenvalue weighted by Gasteiger charge is -2.25. The zero-order valence-corrected chi connectivity index (χ0v) is 19.0. The minimum Gasteiger partial charge on any atom is -0.496 e. The van der Waals surface area contributed by atoms with Crippen molar-refractivity contribution >= 4 is 16.8 Å². The Balaban J connectivity index is 1.64. The van der Waals surface area contributed by atoms with Crippen LogP contribution >= 0.6 is 0 Å². The van der Waals surface area contributed by atoms with Gasteiger partial charge in [0.15, 0.2) is 0 Å². The number of nitrogens with zero attached hydrogens (tertiary/aromatic N) is 2. The van der Waals surface area contributed by atoms with Crippen molar-refractivity contribution in [3.63, 3.8) is 0 Å². The third kappa shape index (κ3) is 4.80. The Bertz CT molecular complexity index is 1230. The van der Waals surface area contributed by atoms with Crippen molar-refractivity contribution in [1.29, 1.82) is 0 Å². The van der Waals surface area contributed by atoms with E-state index in [0.717, 1.165) is 28.5 Å². The second-order valence-electron chi connectivity index (χ2n) is 7.90. The van der Waals surface area contributed by atoms with Crippen LogP contribution in [0.5, 0.6) is 11.5 Å². The van der Waals surface area contributed by atoms with Gasteiger partial charge in [-0.15, -0.1) is 0 Å². The number of rotatable bonds is 9. The lowest BCUT2D eigenvalue weighted by molar-refractivity contribution is 0.0732. The average molecular weight is 444 g/mol. The first-order chi connectivity index (χ1) is 16.1. The van der Waals surface area contributed by atoms with Crippen LogP contribution in [0, 0.1) is 0 Å². The summed E-state index contributed by atoms with van der Waals surface area (Å²) < 4.78 is 13.2. The van der Waals surface area contributed by atoms with E-state index in [1.54, 1.807) is 12.0 Å². The minimum absolute atomic E-state index is 0.129. The van der Waals surface area contributed by atoms with E-state index in [-0.39, 0.29) is 5.91 Å². The standard InChI is InChI=1S/C27H29N3O3/c1-3-16-29(27(31)24-17-21-12-7-8-13-23(21)30(24)28)18-22-25(32-2)14-9-15-26(22)33-19-20-10-5-4-6-11-20/h4-15,17H,3,16,18-19,28H2,1-2H3. The Hall–Kier alpha value is -3.93. The highest BCUT2D eigenvalue weighted by atomic mass is 16.5. The van der Waals surface area contributed by atoms with E-state index in [1.165, 1.54) is 4.68 Å². The molecule has 0 spiro atoms. The van der Waals surface area contributed by atoms with Gasteiger partial charge in [0.25, 0.3) is 5.91 Å². The summed E-state index contributed by atoms with van der Waals surface area (Å²) in [6, 6.07) is 25.2. The van der Waals surface area contributed by atoms with Gasteiger partial charge in [-0.25, -0.2) is 0 Å². The van der Waals surface area contributed by atoms with Crippen molar-refractivity contribution in [3.05, 3.63) is 95.7 Å². The van der Waals surface area contributed by atoms with Gasteiger partial charge in [-0.1, -0.05) is 61.5 Å². The van der Waals surface area contributed by atoms with Gasteiger partial charge < -0.3 is 20.2 Å². The van der Waals surface area contributed by atoms with Gasteiger partial charge in [-0.05, 0) is 36.2 Å². The second-order valence-corrected chi connectivity index (χ2v) is 7.90. The van der Waals surface area contributed by atoms with E-state index in [4.69, 9.17) is 15.3 Å². The number of hydrogen-bond donors (Lipinski definition) is 1. The van der Waals surface area contributed by atoms with E-state index < -0.39 is 0 Å². The molecule has 3 aromatic carbocycles. The number of hydrogen-bond acceptors (Lipinski definition) is 4. The lowest BCUT2D eigenvalue weighted by atomic mass is 10.1. The molecule has 170 valence electrons. The summed E-state index contributed by atoms with van der Waals surface area (Å²) in [5.41, 5.74) is 3.17. The average Bonchev–Trinajstić information content (AvgIpc) is 3.19. The molecule has 0 bridgehead atoms. The number of aromatic nitrogens is 1. The molecule has 1 aromatic heterocycles. The van der Waals surface area contributed by atoms with Crippen LogP contribution in [0.2, 0.25) is 0 Å². The van der Waals surface area contributed by atoms with Crippen molar-refractivity contribution in [2.75, 3.05) is 19.5 Å². The third-order valence-corrected chi connectivity index (χ3v) is 5.64. The number of carbonyl (C=O) groups is 1. The molecule has 1 heterocycles. The highest BCUT2D eigenvalue weighted by molar-refractivity contribution is 5.98. The van der Waals surface area contributed by atoms with Gasteiger partial charge in [-0.2, -0.15) is 0 Å². The number of fused-ring (bicyclic) bond motifs is 1. The van der Waals surface area contributed by atoms with Crippen LogP contribution in [0.4, 0.5) is 0 Å². The summed E-state index contributed by atoms with van der Waals surface area (Å²) in [7, 11) is 1.63. The van der Waals surface area contributed by atoms with Crippen molar-refractivity contribution in [3.8, 4) is 11.5 Å². The summed E-state index contributed by atoms with van der Waals surface area (Å²) in [5, 5.41) is 0.934. The maximum atomic E-state index is 13.6. The summed E-state index contributed by atoms with van der Waals surface area (Å²) in [6.45, 7) is 3.41. The Kier molecular flexibility index (Phi) is 6.83. The molecule has 33 heavy (non-hydrogen) atoms. The van der Waals surface area contributed by atoms with Crippen LogP contribution in [0.3, 0.4) is 0 Å². The number of methoxy groups -OCH3 is 1. The fraction of sp³-hybridized carbons (Fsp3) is 0.222. The predicted molar refractivity (Wildman–Crippen MR) is 131 cm³/mol. The molecule has 4 rings (SSSR count). The Morgan fingerprint density at radius 2 is 1.70 bits per heavy atom. The summed E-state index contributed by atoms with van der Waals surface area (Å²) in [5.74, 6) is 7.53. The third-order valence-electron chi connectivity index (χ3n) is 5.64. The predicted octanol–water partition coefficient (Wildman–Crippen LogP) is 5.00. The first-order valence-electron chi connectivity index (χ1n) is 11.1. The number of nitrogens with two attached hydrogens (primary N) is 1. The molecular formula is C27H29N3O3. The quantitative estimate of drug-likeness (QED) is 0.370. The minimum atomic E-state index is -0.129. The van der Waals surface area contributed by atoms with Gasteiger partial charge in [0.2, 0.25) is 0 Å². The number of amides is 1. The second kappa shape index (κ2) is 10.1. The molecule has 2 N–H and O–H groups in total. The fourth-order valence-corrected chi connectivity index (χ4v) is 3.98. The molecule has 6 nitrogen and oxygen atoms in total. The molecule has 0 atom stereocenters. The number of nitrogen functional groups attached to an aromatic ring is 1. The van der Waals surface area contributed by atoms with E-state index in [2.05, 4.69) is 0 Å². The zero-order chi connectivity index (χ0) is 23.2. The molecule has 1 amide bonds. The van der Waals surface area contributed by atoms with E-state index in [1.807, 2.05) is 85.8 Å². The van der Waals surface area contributed by atoms with Crippen LogP contribution in [-0.4, -0.2) is 29.1 Å². The summed E-state index contributed by atoms with van der Waals surface area (Å²) in [4.78, 5) is 15.4. The fourth-order valence-electron chi connectivity index (χ4n) is 3.98. The smallest absolute Gasteiger partial charge is 0.272 e. The molecule has 0 fully saturated rings. The monoisotopic (exact) mass is 443 g/mol. The Morgan fingerprint density at radius 3 is 2.42 bits per heavy atom. The molecule has 0 aliphatic heterocycles. The molecule has 0 radical (unpaired) electrons. The van der Waals surface area contributed by atoms with Crippen molar-refractivity contribution in [2.24, 2.45) is 0 Å². The van der Waals surface area contributed by atoms with Gasteiger partial charge in [-0.3, -0.25) is 9.47 Å². The first-order valence-corrected chi connectivity index (χ1v) is 11.1. The van der Waals surface area contributed by atoms with Gasteiger partial charge in [0, 0.05) is 11.9 Å². The number of ether oxygens (including phenoxy) is 2. The molecule has 0 aliphatic rings. The van der Waals surface area contributed by atoms with Gasteiger partial charge in [0.1, 0.15) is 23.8 Å². The topological polar surface area (TPSA) is 69.7 Å². The normalized spacial score (nSPS) is 10.8. The van der Waals surface area contributed by atoms with Gasteiger partial charge in [0.05, 0.1) is 24.7 Å². The van der Waals surface area contributed by atoms with Crippen LogP contribution in [-0.2, 0) is 13.2 Å². The number of benzene rings is 3. The van der Waals surface area contributed by atoms with Gasteiger partial charge >= 0.3 is 0 Å². The molecule has 6 heteroatoms. The molecule has 0 saturated carbocycles. The first kappa shape index (κ1) is 22.3. The number of para-hydroxylation sites is 1. The van der Waals surface area contributed by atoms with E-state index in [9.17, 15) is 4.79 Å². The van der Waals surface area contributed by atoms with E-state index >= 15 is 0 Å². The maximum absolute atomic E-state index is 13.6. The molecule has 0 saturated heterocycles. The van der Waals surface area contributed by atoms with Crippen molar-refractivity contribution < 1.29 is 14.3 Å². The van der Waals surface area contributed by atoms with Crippen LogP contribution < -0.4 is 15.3 Å². The lowest BCUT2D eigenvalue weighted by Crippen LogP contribution is -2.34. The molecule has 0 unspecified atom stereocenters. The van der Waals surface area contributed by atoms with Crippen molar-refractivity contribution in [2.45, 2.75) is 26.5 Å². The number of carbonyl (C=O) groups excluding carboxylic acids is 1. The Morgan fingerprint density at radius 1 is 0.970 bits per heavy atom. The molecular weight excluding hydrogens is 414 g/mol. The zero-order valence-electron chi connectivity index (χ0n) is 19.0. The van der Waals surface area contributed by atoms with Crippen LogP contribution in [0.25, 0.3) is 10.9 Å². The van der Waals surface area contributed by atoms with E-state index in [0.29, 0.717) is 36.9 Å².